The van der Waals surface area contributed by atoms with Gasteiger partial charge in [0.2, 0.25) is 0 Å². The first-order chi connectivity index (χ1) is 13.7. The third kappa shape index (κ3) is 3.80. The maximum Gasteiger partial charge on any atom is 0.317 e. The molecule has 0 spiro atoms. The molecule has 0 saturated carbocycles. The van der Waals surface area contributed by atoms with E-state index < -0.39 is 0 Å². The Hall–Kier alpha value is -3.43. The predicted molar refractivity (Wildman–Crippen MR) is 103 cm³/mol. The summed E-state index contributed by atoms with van der Waals surface area (Å²) in [6.07, 6.45) is 1.52. The van der Waals surface area contributed by atoms with Gasteiger partial charge in [0, 0.05) is 33.2 Å². The minimum atomic E-state index is -0.0800. The number of amides is 2. The molecule has 3 aromatic rings. The van der Waals surface area contributed by atoms with Crippen molar-refractivity contribution in [2.24, 2.45) is 7.05 Å². The van der Waals surface area contributed by atoms with Gasteiger partial charge in [-0.2, -0.15) is 0 Å². The number of fused-ring (bicyclic) bond motifs is 1. The van der Waals surface area contributed by atoms with E-state index in [2.05, 4.69) is 30.5 Å². The summed E-state index contributed by atoms with van der Waals surface area (Å²) in [4.78, 5) is 24.9. The van der Waals surface area contributed by atoms with Gasteiger partial charge in [0.05, 0.1) is 6.54 Å². The van der Waals surface area contributed by atoms with Crippen LogP contribution in [0.5, 0.6) is 5.75 Å². The lowest BCUT2D eigenvalue weighted by Crippen LogP contribution is -2.52. The van der Waals surface area contributed by atoms with Gasteiger partial charge in [-0.25, -0.2) is 19.4 Å². The van der Waals surface area contributed by atoms with Crippen LogP contribution >= 0.6 is 0 Å². The molecule has 1 fully saturated rings. The first kappa shape index (κ1) is 18.0. The van der Waals surface area contributed by atoms with Crippen LogP contribution in [0.3, 0.4) is 0 Å². The number of ether oxygens (including phenoxy) is 1. The van der Waals surface area contributed by atoms with E-state index in [0.717, 1.165) is 11.6 Å². The first-order valence-electron chi connectivity index (χ1n) is 9.18. The third-order valence-corrected chi connectivity index (χ3v) is 4.63. The number of benzene rings is 1. The van der Waals surface area contributed by atoms with Crippen LogP contribution in [0.1, 0.15) is 0 Å². The average Bonchev–Trinajstić information content (AvgIpc) is 3.13. The molecule has 1 saturated heterocycles. The fourth-order valence-electron chi connectivity index (χ4n) is 3.15. The summed E-state index contributed by atoms with van der Waals surface area (Å²) in [7, 11) is 1.80. The maximum atomic E-state index is 12.4. The topological polar surface area (TPSA) is 101 Å². The minimum Gasteiger partial charge on any atom is -0.492 e. The Morgan fingerprint density at radius 1 is 1.14 bits per heavy atom. The highest BCUT2D eigenvalue weighted by atomic mass is 16.5. The number of aryl methyl sites for hydroxylation is 1. The highest BCUT2D eigenvalue weighted by Crippen LogP contribution is 2.21. The Bertz CT molecular complexity index is 937. The van der Waals surface area contributed by atoms with Crippen molar-refractivity contribution in [3.8, 4) is 5.75 Å². The number of hydrogen-bond donors (Lipinski definition) is 1. The van der Waals surface area contributed by atoms with Crippen molar-refractivity contribution in [1.29, 1.82) is 0 Å². The number of nitrogens with one attached hydrogen (secondary N) is 1. The van der Waals surface area contributed by atoms with Crippen LogP contribution in [0.2, 0.25) is 0 Å². The van der Waals surface area contributed by atoms with Crippen molar-refractivity contribution in [2.45, 2.75) is 0 Å². The number of aromatic nitrogens is 5. The van der Waals surface area contributed by atoms with E-state index in [-0.39, 0.29) is 6.03 Å². The lowest BCUT2D eigenvalue weighted by molar-refractivity contribution is 0.191. The van der Waals surface area contributed by atoms with E-state index in [1.807, 2.05) is 30.3 Å². The van der Waals surface area contributed by atoms with Crippen molar-refractivity contribution in [3.63, 3.8) is 0 Å². The molecule has 1 aliphatic rings. The van der Waals surface area contributed by atoms with Gasteiger partial charge in [0.25, 0.3) is 0 Å². The minimum absolute atomic E-state index is 0.0800. The number of urea groups is 1. The molecule has 0 bridgehead atoms. The number of hydrogen-bond acceptors (Lipinski definition) is 7. The quantitative estimate of drug-likeness (QED) is 0.647. The van der Waals surface area contributed by atoms with Crippen molar-refractivity contribution in [2.75, 3.05) is 44.2 Å². The molecule has 0 radical (unpaired) electrons. The second kappa shape index (κ2) is 8.07. The molecule has 1 aromatic carbocycles. The van der Waals surface area contributed by atoms with Gasteiger partial charge in [0.15, 0.2) is 17.0 Å². The van der Waals surface area contributed by atoms with E-state index in [1.165, 1.54) is 6.33 Å². The zero-order chi connectivity index (χ0) is 19.3. The largest absolute Gasteiger partial charge is 0.492 e. The third-order valence-electron chi connectivity index (χ3n) is 4.63. The van der Waals surface area contributed by atoms with Gasteiger partial charge in [-0.3, -0.25) is 0 Å². The van der Waals surface area contributed by atoms with E-state index >= 15 is 0 Å². The van der Waals surface area contributed by atoms with Crippen LogP contribution in [0, 0.1) is 0 Å². The van der Waals surface area contributed by atoms with E-state index in [4.69, 9.17) is 4.74 Å². The monoisotopic (exact) mass is 382 g/mol. The zero-order valence-corrected chi connectivity index (χ0v) is 15.7. The highest BCUT2D eigenvalue weighted by molar-refractivity contribution is 5.82. The van der Waals surface area contributed by atoms with Crippen LogP contribution in [-0.4, -0.2) is 75.2 Å². The summed E-state index contributed by atoms with van der Waals surface area (Å²) in [5, 5.41) is 11.1. The van der Waals surface area contributed by atoms with E-state index in [9.17, 15) is 4.79 Å². The summed E-state index contributed by atoms with van der Waals surface area (Å²) in [5.74, 6) is 1.56. The molecule has 4 rings (SSSR count). The molecule has 1 aliphatic heterocycles. The van der Waals surface area contributed by atoms with E-state index in [1.54, 1.807) is 16.6 Å². The number of anilines is 1. The molecule has 0 unspecified atom stereocenters. The highest BCUT2D eigenvalue weighted by Gasteiger charge is 2.24. The summed E-state index contributed by atoms with van der Waals surface area (Å²) in [6, 6.07) is 9.47. The Kier molecular flexibility index (Phi) is 5.18. The van der Waals surface area contributed by atoms with Crippen molar-refractivity contribution in [3.05, 3.63) is 36.7 Å². The number of carbonyl (C=O) groups is 1. The Morgan fingerprint density at radius 3 is 2.71 bits per heavy atom. The van der Waals surface area contributed by atoms with Gasteiger partial charge in [-0.1, -0.05) is 23.4 Å². The van der Waals surface area contributed by atoms with Crippen LogP contribution in [-0.2, 0) is 7.05 Å². The Labute approximate surface area is 162 Å². The molecule has 28 heavy (non-hydrogen) atoms. The van der Waals surface area contributed by atoms with Gasteiger partial charge in [0.1, 0.15) is 18.7 Å². The molecule has 0 aliphatic carbocycles. The molecule has 146 valence electrons. The first-order valence-corrected chi connectivity index (χ1v) is 9.18. The summed E-state index contributed by atoms with van der Waals surface area (Å²) < 4.78 is 7.22. The Balaban J connectivity index is 1.26. The van der Waals surface area contributed by atoms with Crippen molar-refractivity contribution >= 4 is 23.0 Å². The smallest absolute Gasteiger partial charge is 0.317 e. The summed E-state index contributed by atoms with van der Waals surface area (Å²) >= 11 is 0. The van der Waals surface area contributed by atoms with Gasteiger partial charge < -0.3 is 19.9 Å². The second-order valence-corrected chi connectivity index (χ2v) is 6.45. The molecular weight excluding hydrogens is 360 g/mol. The number of carbonyl (C=O) groups excluding carboxylic acids is 1. The van der Waals surface area contributed by atoms with Gasteiger partial charge in [-0.15, -0.1) is 5.10 Å². The summed E-state index contributed by atoms with van der Waals surface area (Å²) in [6.45, 7) is 3.46. The number of piperazine rings is 1. The zero-order valence-electron chi connectivity index (χ0n) is 15.7. The lowest BCUT2D eigenvalue weighted by Gasteiger charge is -2.35. The molecule has 2 aromatic heterocycles. The SMILES string of the molecule is Cn1nnc2c(N3CCN(C(=O)NCCOc4ccccc4)CC3)ncnc21. The number of nitrogens with zero attached hydrogens (tertiary/aromatic N) is 7. The normalized spacial score (nSPS) is 14.3. The summed E-state index contributed by atoms with van der Waals surface area (Å²) in [5.41, 5.74) is 1.38. The molecule has 3 heterocycles. The van der Waals surface area contributed by atoms with Gasteiger partial charge >= 0.3 is 6.03 Å². The van der Waals surface area contributed by atoms with Crippen LogP contribution in [0.25, 0.3) is 11.2 Å². The predicted octanol–water partition coefficient (Wildman–Crippen LogP) is 0.669. The standard InChI is InChI=1S/C18H22N8O2/c1-24-16-15(22-23-24)17(21-13-20-16)25-8-10-26(11-9-25)18(27)19-7-12-28-14-5-3-2-4-6-14/h2-6,13H,7-12H2,1H3,(H,19,27). The van der Waals surface area contributed by atoms with Gasteiger partial charge in [-0.05, 0) is 12.1 Å². The lowest BCUT2D eigenvalue weighted by atomic mass is 10.3. The fraction of sp³-hybridized carbons (Fsp3) is 0.389. The average molecular weight is 382 g/mol. The molecular formula is C18H22N8O2. The van der Waals surface area contributed by atoms with Crippen LogP contribution < -0.4 is 15.0 Å². The van der Waals surface area contributed by atoms with Crippen molar-refractivity contribution in [1.82, 2.24) is 35.2 Å². The second-order valence-electron chi connectivity index (χ2n) is 6.45. The fourth-order valence-corrected chi connectivity index (χ4v) is 3.15. The molecule has 10 heteroatoms. The molecule has 10 nitrogen and oxygen atoms in total. The van der Waals surface area contributed by atoms with Crippen LogP contribution in [0.15, 0.2) is 36.7 Å². The number of rotatable bonds is 5. The molecule has 2 amide bonds. The number of para-hydroxylation sites is 1. The molecule has 0 atom stereocenters. The van der Waals surface area contributed by atoms with Crippen molar-refractivity contribution < 1.29 is 9.53 Å². The van der Waals surface area contributed by atoms with E-state index in [0.29, 0.717) is 50.5 Å². The molecule has 1 N–H and O–H groups in total. The van der Waals surface area contributed by atoms with Crippen LogP contribution in [0.4, 0.5) is 10.6 Å². The Morgan fingerprint density at radius 2 is 1.93 bits per heavy atom. The maximum absolute atomic E-state index is 12.4.